The highest BCUT2D eigenvalue weighted by molar-refractivity contribution is 7.80. The fraction of sp³-hybridized carbons (Fsp3) is 0.138. The molecule has 2 heterocycles. The van der Waals surface area contributed by atoms with E-state index in [0.717, 1.165) is 17.5 Å². The Bertz CT molecular complexity index is 1710. The predicted molar refractivity (Wildman–Crippen MR) is 153 cm³/mol. The number of nitro benzene ring substituents is 1. The molecule has 0 bridgehead atoms. The van der Waals surface area contributed by atoms with E-state index in [1.165, 1.54) is 23.8 Å². The molecule has 3 aromatic carbocycles. The fourth-order valence-corrected chi connectivity index (χ4v) is 4.27. The average molecular weight is 541 g/mol. The summed E-state index contributed by atoms with van der Waals surface area (Å²) >= 11 is 5.32. The van der Waals surface area contributed by atoms with Crippen molar-refractivity contribution in [1.82, 2.24) is 10.3 Å². The van der Waals surface area contributed by atoms with Crippen LogP contribution in [0.1, 0.15) is 42.3 Å². The number of non-ortho nitro benzene ring substituents is 1. The summed E-state index contributed by atoms with van der Waals surface area (Å²) < 4.78 is 11.6. The number of nitrogens with zero attached hydrogens (tertiary/aromatic N) is 2. The van der Waals surface area contributed by atoms with Gasteiger partial charge in [-0.1, -0.05) is 38.1 Å². The molecule has 0 saturated carbocycles. The first-order valence-electron chi connectivity index (χ1n) is 12.3. The van der Waals surface area contributed by atoms with E-state index in [1.807, 2.05) is 24.3 Å². The van der Waals surface area contributed by atoms with E-state index in [1.54, 1.807) is 24.3 Å². The molecule has 5 rings (SSSR count). The second-order valence-electron chi connectivity index (χ2n) is 9.02. The summed E-state index contributed by atoms with van der Waals surface area (Å²) in [7, 11) is 0. The lowest BCUT2D eigenvalue weighted by Gasteiger charge is -2.09. The van der Waals surface area contributed by atoms with Gasteiger partial charge in [-0.3, -0.25) is 20.2 Å². The van der Waals surface area contributed by atoms with E-state index in [4.69, 9.17) is 21.1 Å². The Balaban J connectivity index is 1.26. The number of nitro groups is 1. The van der Waals surface area contributed by atoms with Crippen LogP contribution in [0.25, 0.3) is 33.9 Å². The third-order valence-electron chi connectivity index (χ3n) is 6.36. The van der Waals surface area contributed by atoms with Gasteiger partial charge in [-0.15, -0.1) is 0 Å². The van der Waals surface area contributed by atoms with Gasteiger partial charge < -0.3 is 14.2 Å². The van der Waals surface area contributed by atoms with Crippen LogP contribution in [0.2, 0.25) is 0 Å². The van der Waals surface area contributed by atoms with Gasteiger partial charge in [-0.25, -0.2) is 4.98 Å². The summed E-state index contributed by atoms with van der Waals surface area (Å²) in [5, 5.41) is 16.7. The van der Waals surface area contributed by atoms with E-state index in [9.17, 15) is 14.9 Å². The first kappa shape index (κ1) is 25.8. The van der Waals surface area contributed by atoms with Gasteiger partial charge in [-0.2, -0.15) is 0 Å². The second kappa shape index (κ2) is 10.9. The maximum Gasteiger partial charge on any atom is 0.293 e. The molecule has 0 spiro atoms. The highest BCUT2D eigenvalue weighted by Crippen LogP contribution is 2.29. The van der Waals surface area contributed by atoms with E-state index < -0.39 is 10.8 Å². The van der Waals surface area contributed by atoms with Gasteiger partial charge in [0.15, 0.2) is 16.5 Å². The minimum Gasteiger partial charge on any atom is -0.451 e. The quantitative estimate of drug-likeness (QED) is 0.125. The topological polar surface area (TPSA) is 123 Å². The number of hydrogen-bond acceptors (Lipinski definition) is 7. The number of carbonyl (C=O) groups is 1. The summed E-state index contributed by atoms with van der Waals surface area (Å²) in [6, 6.07) is 22.4. The molecular weight excluding hydrogens is 516 g/mol. The van der Waals surface area contributed by atoms with E-state index in [2.05, 4.69) is 41.6 Å². The maximum absolute atomic E-state index is 12.7. The highest BCUT2D eigenvalue weighted by Gasteiger charge is 2.16. The number of aromatic nitrogens is 1. The molecule has 0 aliphatic heterocycles. The number of carbonyl (C=O) groups excluding carboxylic acids is 1. The first-order chi connectivity index (χ1) is 18.8. The monoisotopic (exact) mass is 540 g/mol. The van der Waals surface area contributed by atoms with Crippen LogP contribution in [0, 0.1) is 10.1 Å². The Morgan fingerprint density at radius 2 is 1.82 bits per heavy atom. The van der Waals surface area contributed by atoms with Crippen molar-refractivity contribution in [3.8, 4) is 22.8 Å². The molecule has 10 heteroatoms. The van der Waals surface area contributed by atoms with E-state index in [0.29, 0.717) is 34.4 Å². The van der Waals surface area contributed by atoms with Gasteiger partial charge in [0.05, 0.1) is 4.92 Å². The summed E-state index contributed by atoms with van der Waals surface area (Å²) in [5.41, 5.74) is 4.52. The third kappa shape index (κ3) is 5.70. The zero-order chi connectivity index (χ0) is 27.5. The Morgan fingerprint density at radius 1 is 1.03 bits per heavy atom. The summed E-state index contributed by atoms with van der Waals surface area (Å²) in [6.07, 6.45) is 1.04. The molecule has 0 radical (unpaired) electrons. The predicted octanol–water partition coefficient (Wildman–Crippen LogP) is 7.30. The number of anilines is 1. The summed E-state index contributed by atoms with van der Waals surface area (Å²) in [4.78, 5) is 27.9. The number of furan rings is 1. The summed E-state index contributed by atoms with van der Waals surface area (Å²) in [5.74, 6) is 0.694. The molecule has 9 nitrogen and oxygen atoms in total. The highest BCUT2D eigenvalue weighted by atomic mass is 32.1. The number of hydrogen-bond donors (Lipinski definition) is 2. The van der Waals surface area contributed by atoms with Crippen LogP contribution in [0.5, 0.6) is 0 Å². The minimum atomic E-state index is -0.559. The molecule has 5 aromatic rings. The van der Waals surface area contributed by atoms with Crippen LogP contribution in [0.15, 0.2) is 87.7 Å². The van der Waals surface area contributed by atoms with Crippen molar-refractivity contribution in [3.05, 3.63) is 100 Å². The number of benzene rings is 3. The zero-order valence-electron chi connectivity index (χ0n) is 21.1. The SMILES string of the molecule is CC[C@@H](C)c1ccc2oc(-c3cccc(NC(=S)NC(=O)c4ccc(-c5cccc([N+](=O)[O-])c5)o4)c3)nc2c1. The molecular formula is C29H24N4O5S. The number of rotatable bonds is 7. The van der Waals surface area contributed by atoms with Crippen molar-refractivity contribution in [3.63, 3.8) is 0 Å². The molecule has 0 saturated heterocycles. The van der Waals surface area contributed by atoms with Gasteiger partial charge in [0.1, 0.15) is 11.3 Å². The smallest absolute Gasteiger partial charge is 0.293 e. The zero-order valence-corrected chi connectivity index (χ0v) is 22.0. The van der Waals surface area contributed by atoms with Crippen molar-refractivity contribution < 1.29 is 18.6 Å². The van der Waals surface area contributed by atoms with Crippen molar-refractivity contribution in [2.75, 3.05) is 5.32 Å². The van der Waals surface area contributed by atoms with Crippen LogP contribution in [0.3, 0.4) is 0 Å². The Hall–Kier alpha value is -4.83. The van der Waals surface area contributed by atoms with Crippen LogP contribution in [-0.4, -0.2) is 20.9 Å². The van der Waals surface area contributed by atoms with Crippen LogP contribution in [-0.2, 0) is 0 Å². The molecule has 0 unspecified atom stereocenters. The van der Waals surface area contributed by atoms with Crippen molar-refractivity contribution >= 4 is 45.7 Å². The third-order valence-corrected chi connectivity index (χ3v) is 6.56. The molecule has 196 valence electrons. The molecule has 0 aliphatic rings. The lowest BCUT2D eigenvalue weighted by Crippen LogP contribution is -2.33. The fourth-order valence-electron chi connectivity index (χ4n) is 4.06. The summed E-state index contributed by atoms with van der Waals surface area (Å²) in [6.45, 7) is 4.34. The molecule has 2 N–H and O–H groups in total. The van der Waals surface area contributed by atoms with Gasteiger partial charge in [0.2, 0.25) is 5.89 Å². The maximum atomic E-state index is 12.7. The van der Waals surface area contributed by atoms with Crippen molar-refractivity contribution in [2.24, 2.45) is 0 Å². The average Bonchev–Trinajstić information content (AvgIpc) is 3.60. The van der Waals surface area contributed by atoms with E-state index in [-0.39, 0.29) is 16.6 Å². The lowest BCUT2D eigenvalue weighted by molar-refractivity contribution is -0.384. The number of fused-ring (bicyclic) bond motifs is 1. The number of amides is 1. The molecule has 2 aromatic heterocycles. The van der Waals surface area contributed by atoms with Crippen LogP contribution >= 0.6 is 12.2 Å². The normalized spacial score (nSPS) is 11.7. The molecule has 39 heavy (non-hydrogen) atoms. The Morgan fingerprint density at radius 3 is 2.62 bits per heavy atom. The number of oxazole rings is 1. The van der Waals surface area contributed by atoms with Gasteiger partial charge >= 0.3 is 0 Å². The van der Waals surface area contributed by atoms with Crippen molar-refractivity contribution in [1.29, 1.82) is 0 Å². The van der Waals surface area contributed by atoms with Gasteiger partial charge in [-0.05, 0) is 72.6 Å². The van der Waals surface area contributed by atoms with E-state index >= 15 is 0 Å². The Labute approximate surface area is 229 Å². The standard InChI is InChI=1S/C29H24N4O5S/c1-3-17(2)18-10-11-25-23(16-18)31-28(38-25)20-7-4-8-21(14-20)30-29(39)32-27(34)26-13-12-24(37-26)19-6-5-9-22(15-19)33(35)36/h4-17H,3H2,1-2H3,(H2,30,32,34,39)/t17-/m1/s1. The minimum absolute atomic E-state index is 0.0117. The first-order valence-corrected chi connectivity index (χ1v) is 12.7. The lowest BCUT2D eigenvalue weighted by atomic mass is 9.98. The second-order valence-corrected chi connectivity index (χ2v) is 9.42. The van der Waals surface area contributed by atoms with Gasteiger partial charge in [0, 0.05) is 28.9 Å². The molecule has 0 aliphatic carbocycles. The largest absolute Gasteiger partial charge is 0.451 e. The molecule has 1 atom stereocenters. The Kier molecular flexibility index (Phi) is 7.20. The van der Waals surface area contributed by atoms with Gasteiger partial charge in [0.25, 0.3) is 11.6 Å². The van der Waals surface area contributed by atoms with Crippen molar-refractivity contribution in [2.45, 2.75) is 26.2 Å². The van der Waals surface area contributed by atoms with Crippen LogP contribution < -0.4 is 10.6 Å². The van der Waals surface area contributed by atoms with Crippen LogP contribution in [0.4, 0.5) is 11.4 Å². The molecule has 0 fully saturated rings. The number of thiocarbonyl (C=S) groups is 1. The number of nitrogens with one attached hydrogen (secondary N) is 2. The molecule has 1 amide bonds.